The lowest BCUT2D eigenvalue weighted by Crippen LogP contribution is -2.39. The van der Waals surface area contributed by atoms with E-state index in [9.17, 15) is 0 Å². The van der Waals surface area contributed by atoms with Gasteiger partial charge in [-0.25, -0.2) is 0 Å². The lowest BCUT2D eigenvalue weighted by atomic mass is 9.58. The van der Waals surface area contributed by atoms with Gasteiger partial charge in [0, 0.05) is 0 Å². The third kappa shape index (κ3) is 3.11. The Morgan fingerprint density at radius 3 is 1.89 bits per heavy atom. The predicted octanol–water partition coefficient (Wildman–Crippen LogP) is 6.16. The molecule has 1 rings (SSSR count). The smallest absolute Gasteiger partial charge is 0.0285 e. The van der Waals surface area contributed by atoms with Crippen LogP contribution >= 0.6 is 0 Å². The van der Waals surface area contributed by atoms with Crippen molar-refractivity contribution in [2.75, 3.05) is 0 Å². The number of rotatable bonds is 3. The van der Waals surface area contributed by atoms with Gasteiger partial charge in [-0.1, -0.05) is 68.7 Å². The Morgan fingerprint density at radius 1 is 1.11 bits per heavy atom. The lowest BCUT2D eigenvalue weighted by molar-refractivity contribution is 0.0252. The molecule has 1 aliphatic carbocycles. The minimum atomic E-state index is 0.421. The van der Waals surface area contributed by atoms with Crippen LogP contribution in [0.4, 0.5) is 0 Å². The third-order valence-corrected chi connectivity index (χ3v) is 5.94. The maximum atomic E-state index is 2.49. The van der Waals surface area contributed by atoms with Crippen molar-refractivity contribution < 1.29 is 0 Å². The Hall–Kier alpha value is 0. The molecule has 0 heteroatoms. The van der Waals surface area contributed by atoms with Crippen LogP contribution in [0.5, 0.6) is 0 Å². The topological polar surface area (TPSA) is 0 Å². The minimum absolute atomic E-state index is 0.421. The van der Waals surface area contributed by atoms with Gasteiger partial charge >= 0.3 is 0 Å². The second kappa shape index (κ2) is 4.84. The Morgan fingerprint density at radius 2 is 1.61 bits per heavy atom. The van der Waals surface area contributed by atoms with E-state index in [1.807, 2.05) is 0 Å². The zero-order valence-corrected chi connectivity index (χ0v) is 14.4. The zero-order chi connectivity index (χ0) is 14.4. The molecule has 0 aromatic heterocycles. The van der Waals surface area contributed by atoms with Crippen molar-refractivity contribution in [2.24, 2.45) is 34.0 Å². The van der Waals surface area contributed by atoms with E-state index < -0.39 is 0 Å². The van der Waals surface area contributed by atoms with Crippen LogP contribution < -0.4 is 0 Å². The van der Waals surface area contributed by atoms with Crippen molar-refractivity contribution in [2.45, 2.75) is 81.6 Å². The fraction of sp³-hybridized carbons (Fsp3) is 1.00. The molecule has 0 heterocycles. The molecule has 0 radical (unpaired) electrons. The highest BCUT2D eigenvalue weighted by Gasteiger charge is 2.48. The molecule has 1 fully saturated rings. The summed E-state index contributed by atoms with van der Waals surface area (Å²) in [5.41, 5.74) is 1.42. The van der Waals surface area contributed by atoms with E-state index in [2.05, 4.69) is 62.3 Å². The first-order valence-corrected chi connectivity index (χ1v) is 7.92. The van der Waals surface area contributed by atoms with Crippen molar-refractivity contribution >= 4 is 0 Å². The first-order chi connectivity index (χ1) is 7.92. The van der Waals surface area contributed by atoms with E-state index in [4.69, 9.17) is 0 Å². The van der Waals surface area contributed by atoms with Crippen molar-refractivity contribution in [3.8, 4) is 0 Å². The Balaban J connectivity index is 3.01. The second-order valence-corrected chi connectivity index (χ2v) is 9.28. The Bertz CT molecular complexity index is 277. The molecule has 0 aliphatic heterocycles. The molecule has 0 bridgehead atoms. The molecular weight excluding hydrogens is 216 g/mol. The standard InChI is InChI=1S/C18H36/c1-10-17(6,7)15(16(3,4)5)14-11-13(2)18(8,9)12-14/h13-15H,10-12H2,1-9H3. The Labute approximate surface area is 116 Å². The van der Waals surface area contributed by atoms with Crippen LogP contribution in [-0.2, 0) is 0 Å². The molecule has 1 aliphatic rings. The molecule has 0 aromatic rings. The maximum absolute atomic E-state index is 2.49. The summed E-state index contributed by atoms with van der Waals surface area (Å²) in [6.07, 6.45) is 4.14. The number of hydrogen-bond donors (Lipinski definition) is 0. The van der Waals surface area contributed by atoms with E-state index in [-0.39, 0.29) is 0 Å². The molecule has 0 nitrogen and oxygen atoms in total. The molecule has 3 unspecified atom stereocenters. The fourth-order valence-electron chi connectivity index (χ4n) is 4.72. The van der Waals surface area contributed by atoms with Gasteiger partial charge in [-0.2, -0.15) is 0 Å². The molecule has 108 valence electrons. The third-order valence-electron chi connectivity index (χ3n) is 5.94. The van der Waals surface area contributed by atoms with Gasteiger partial charge in [0.05, 0.1) is 0 Å². The van der Waals surface area contributed by atoms with Crippen LogP contribution in [0.25, 0.3) is 0 Å². The van der Waals surface area contributed by atoms with Crippen molar-refractivity contribution in [1.29, 1.82) is 0 Å². The monoisotopic (exact) mass is 252 g/mol. The molecular formula is C18H36. The van der Waals surface area contributed by atoms with Gasteiger partial charge in [-0.15, -0.1) is 0 Å². The first kappa shape index (κ1) is 16.1. The van der Waals surface area contributed by atoms with Gasteiger partial charge in [0.25, 0.3) is 0 Å². The first-order valence-electron chi connectivity index (χ1n) is 7.92. The SMILES string of the molecule is CCC(C)(C)C(C1CC(C)C(C)(C)C1)C(C)(C)C. The quantitative estimate of drug-likeness (QED) is 0.564. The summed E-state index contributed by atoms with van der Waals surface area (Å²) >= 11 is 0. The summed E-state index contributed by atoms with van der Waals surface area (Å²) in [4.78, 5) is 0. The average molecular weight is 252 g/mol. The fourth-order valence-corrected chi connectivity index (χ4v) is 4.72. The molecule has 0 amide bonds. The summed E-state index contributed by atoms with van der Waals surface area (Å²) in [5.74, 6) is 2.61. The molecule has 0 N–H and O–H groups in total. The summed E-state index contributed by atoms with van der Waals surface area (Å²) in [7, 11) is 0. The van der Waals surface area contributed by atoms with Gasteiger partial charge in [0.15, 0.2) is 0 Å². The van der Waals surface area contributed by atoms with Crippen molar-refractivity contribution in [1.82, 2.24) is 0 Å². The van der Waals surface area contributed by atoms with Crippen LogP contribution in [0.1, 0.15) is 81.6 Å². The zero-order valence-electron chi connectivity index (χ0n) is 14.4. The van der Waals surface area contributed by atoms with E-state index in [0.717, 1.165) is 17.8 Å². The molecule has 18 heavy (non-hydrogen) atoms. The molecule has 3 atom stereocenters. The predicted molar refractivity (Wildman–Crippen MR) is 82.7 cm³/mol. The van der Waals surface area contributed by atoms with Gasteiger partial charge in [-0.3, -0.25) is 0 Å². The van der Waals surface area contributed by atoms with Crippen molar-refractivity contribution in [3.05, 3.63) is 0 Å². The largest absolute Gasteiger partial charge is 0.0649 e. The Kier molecular flexibility index (Phi) is 4.31. The number of hydrogen-bond acceptors (Lipinski definition) is 0. The van der Waals surface area contributed by atoms with Gasteiger partial charge in [0.1, 0.15) is 0 Å². The van der Waals surface area contributed by atoms with Crippen LogP contribution in [0, 0.1) is 34.0 Å². The van der Waals surface area contributed by atoms with Crippen LogP contribution in [-0.4, -0.2) is 0 Å². The van der Waals surface area contributed by atoms with Gasteiger partial charge in [0.2, 0.25) is 0 Å². The van der Waals surface area contributed by atoms with Crippen LogP contribution in [0.3, 0.4) is 0 Å². The molecule has 0 spiro atoms. The van der Waals surface area contributed by atoms with E-state index in [1.54, 1.807) is 0 Å². The summed E-state index contributed by atoms with van der Waals surface area (Å²) in [6, 6.07) is 0. The van der Waals surface area contributed by atoms with E-state index in [0.29, 0.717) is 16.2 Å². The summed E-state index contributed by atoms with van der Waals surface area (Å²) in [6.45, 7) is 22.1. The van der Waals surface area contributed by atoms with Crippen LogP contribution in [0.15, 0.2) is 0 Å². The maximum Gasteiger partial charge on any atom is -0.0285 e. The minimum Gasteiger partial charge on any atom is -0.0649 e. The molecule has 0 saturated heterocycles. The lowest BCUT2D eigenvalue weighted by Gasteiger charge is -2.46. The average Bonchev–Trinajstić information content (AvgIpc) is 2.37. The van der Waals surface area contributed by atoms with Crippen molar-refractivity contribution in [3.63, 3.8) is 0 Å². The summed E-state index contributed by atoms with van der Waals surface area (Å²) in [5, 5.41) is 0. The molecule has 1 saturated carbocycles. The van der Waals surface area contributed by atoms with Gasteiger partial charge < -0.3 is 0 Å². The van der Waals surface area contributed by atoms with E-state index in [1.165, 1.54) is 19.3 Å². The summed E-state index contributed by atoms with van der Waals surface area (Å²) < 4.78 is 0. The van der Waals surface area contributed by atoms with Crippen LogP contribution in [0.2, 0.25) is 0 Å². The highest BCUT2D eigenvalue weighted by Crippen LogP contribution is 2.56. The normalized spacial score (nSPS) is 30.5. The van der Waals surface area contributed by atoms with E-state index >= 15 is 0 Å². The second-order valence-electron chi connectivity index (χ2n) is 9.28. The highest BCUT2D eigenvalue weighted by molar-refractivity contribution is 4.97. The van der Waals surface area contributed by atoms with Gasteiger partial charge in [-0.05, 0) is 46.8 Å². The molecule has 0 aromatic carbocycles. The highest BCUT2D eigenvalue weighted by atomic mass is 14.5.